The summed E-state index contributed by atoms with van der Waals surface area (Å²) in [5.41, 5.74) is 0. The summed E-state index contributed by atoms with van der Waals surface area (Å²) in [5, 5.41) is 0. The Kier molecular flexibility index (Phi) is 7.19. The van der Waals surface area contributed by atoms with Crippen LogP contribution in [0, 0.1) is 11.8 Å². The molecule has 3 rings (SSSR count). The Morgan fingerprint density at radius 1 is 0.800 bits per heavy atom. The molecule has 2 aliphatic carbocycles. The van der Waals surface area contributed by atoms with Crippen molar-refractivity contribution in [2.75, 3.05) is 0 Å². The normalized spacial score (nSPS) is 25.6. The molecule has 3 aliphatic rings. The van der Waals surface area contributed by atoms with Gasteiger partial charge in [0.25, 0.3) is 0 Å². The summed E-state index contributed by atoms with van der Waals surface area (Å²) in [6.07, 6.45) is 23.4. The van der Waals surface area contributed by atoms with Crippen LogP contribution in [0.25, 0.3) is 0 Å². The van der Waals surface area contributed by atoms with E-state index in [1.54, 1.807) is 0 Å². The molecule has 0 unspecified atom stereocenters. The molecule has 25 heavy (non-hydrogen) atoms. The highest BCUT2D eigenvalue weighted by Gasteiger charge is 2.40. The maximum Gasteiger partial charge on any atom is 0.375 e. The molecule has 2 fully saturated rings. The van der Waals surface area contributed by atoms with Crippen molar-refractivity contribution in [2.24, 2.45) is 11.8 Å². The van der Waals surface area contributed by atoms with Gasteiger partial charge in [-0.25, -0.2) is 0 Å². The van der Waals surface area contributed by atoms with Gasteiger partial charge in [-0.3, -0.25) is 0 Å². The van der Waals surface area contributed by atoms with Crippen molar-refractivity contribution in [3.8, 4) is 0 Å². The molecular formula is C22H41BN2. The van der Waals surface area contributed by atoms with Gasteiger partial charge in [-0.2, -0.15) is 0 Å². The summed E-state index contributed by atoms with van der Waals surface area (Å²) in [4.78, 5) is 5.51. The minimum Gasteiger partial charge on any atom is -0.398 e. The average Bonchev–Trinajstić information content (AvgIpc) is 3.10. The van der Waals surface area contributed by atoms with Crippen LogP contribution in [0.5, 0.6) is 0 Å². The first-order valence-electron chi connectivity index (χ1n) is 11.5. The molecule has 0 spiro atoms. The van der Waals surface area contributed by atoms with Gasteiger partial charge >= 0.3 is 6.98 Å². The first-order valence-corrected chi connectivity index (χ1v) is 11.5. The quantitative estimate of drug-likeness (QED) is 0.500. The number of unbranched alkanes of at least 4 members (excludes halogenated alkanes) is 1. The van der Waals surface area contributed by atoms with Crippen LogP contribution < -0.4 is 0 Å². The molecule has 1 aliphatic heterocycles. The van der Waals surface area contributed by atoms with Crippen LogP contribution in [0.3, 0.4) is 0 Å². The lowest BCUT2D eigenvalue weighted by atomic mass is 9.64. The van der Waals surface area contributed by atoms with Crippen molar-refractivity contribution >= 4 is 6.98 Å². The first-order chi connectivity index (χ1) is 12.2. The second kappa shape index (κ2) is 9.37. The Bertz CT molecular complexity index is 378. The monoisotopic (exact) mass is 344 g/mol. The second-order valence-electron chi connectivity index (χ2n) is 9.09. The molecule has 2 atom stereocenters. The van der Waals surface area contributed by atoms with Gasteiger partial charge in [0, 0.05) is 24.5 Å². The van der Waals surface area contributed by atoms with Crippen LogP contribution in [-0.4, -0.2) is 28.7 Å². The van der Waals surface area contributed by atoms with E-state index in [0.717, 1.165) is 11.8 Å². The van der Waals surface area contributed by atoms with Gasteiger partial charge in [0.1, 0.15) is 0 Å². The predicted octanol–water partition coefficient (Wildman–Crippen LogP) is 6.30. The average molecular weight is 344 g/mol. The van der Waals surface area contributed by atoms with Gasteiger partial charge in [-0.15, -0.1) is 0 Å². The van der Waals surface area contributed by atoms with E-state index in [1.165, 1.54) is 83.4 Å². The van der Waals surface area contributed by atoms with Crippen LogP contribution in [0.15, 0.2) is 12.4 Å². The lowest BCUT2D eigenvalue weighted by molar-refractivity contribution is 0.217. The largest absolute Gasteiger partial charge is 0.398 e. The van der Waals surface area contributed by atoms with Crippen molar-refractivity contribution in [2.45, 2.75) is 116 Å². The zero-order valence-corrected chi connectivity index (χ0v) is 17.1. The maximum atomic E-state index is 2.75. The van der Waals surface area contributed by atoms with Crippen molar-refractivity contribution in [3.05, 3.63) is 12.4 Å². The molecule has 2 saturated carbocycles. The Morgan fingerprint density at radius 3 is 1.64 bits per heavy atom. The fourth-order valence-electron chi connectivity index (χ4n) is 5.73. The number of hydrogen-bond donors (Lipinski definition) is 0. The van der Waals surface area contributed by atoms with E-state index >= 15 is 0 Å². The van der Waals surface area contributed by atoms with Gasteiger partial charge in [0.05, 0.1) is 0 Å². The summed E-state index contributed by atoms with van der Waals surface area (Å²) in [6.45, 7) is 7.97. The van der Waals surface area contributed by atoms with Crippen molar-refractivity contribution in [3.63, 3.8) is 0 Å². The second-order valence-corrected chi connectivity index (χ2v) is 9.09. The Hall–Kier alpha value is -0.595. The molecule has 0 saturated heterocycles. The molecule has 0 aromatic carbocycles. The molecule has 0 aromatic heterocycles. The minimum absolute atomic E-state index is 0.619. The van der Waals surface area contributed by atoms with Crippen LogP contribution >= 0.6 is 0 Å². The lowest BCUT2D eigenvalue weighted by Crippen LogP contribution is -2.53. The fraction of sp³-hybridized carbons (Fsp3) is 0.909. The molecule has 3 heteroatoms. The third-order valence-electron chi connectivity index (χ3n) is 7.52. The highest BCUT2D eigenvalue weighted by Crippen LogP contribution is 2.36. The molecule has 0 radical (unpaired) electrons. The van der Waals surface area contributed by atoms with E-state index in [2.05, 4.69) is 42.8 Å². The van der Waals surface area contributed by atoms with Gasteiger partial charge in [0.15, 0.2) is 0 Å². The van der Waals surface area contributed by atoms with E-state index in [9.17, 15) is 0 Å². The van der Waals surface area contributed by atoms with Crippen molar-refractivity contribution in [1.82, 2.24) is 9.62 Å². The topological polar surface area (TPSA) is 6.48 Å². The van der Waals surface area contributed by atoms with Gasteiger partial charge in [-0.1, -0.05) is 58.3 Å². The molecule has 0 bridgehead atoms. The van der Waals surface area contributed by atoms with E-state index in [4.69, 9.17) is 0 Å². The third-order valence-corrected chi connectivity index (χ3v) is 7.52. The van der Waals surface area contributed by atoms with Crippen molar-refractivity contribution < 1.29 is 0 Å². The first kappa shape index (κ1) is 19.2. The standard InChI is InChI=1S/C22H41BN2/c1-4-5-16-23-24(19(2)21-12-8-6-9-13-21)17-18-25(23)20(3)22-14-10-7-11-15-22/h17-22H,4-16H2,1-3H3/t19-,20-/m0/s1. The van der Waals surface area contributed by atoms with E-state index in [0.29, 0.717) is 19.1 Å². The maximum absolute atomic E-state index is 2.75. The molecule has 2 nitrogen and oxygen atoms in total. The zero-order valence-electron chi connectivity index (χ0n) is 17.1. The SMILES string of the molecule is CCCCB1N([C@@H](C)C2CCCCC2)C=CN1[C@@H](C)C1CCCCC1. The Morgan fingerprint density at radius 2 is 1.24 bits per heavy atom. The number of nitrogens with zero attached hydrogens (tertiary/aromatic N) is 2. The summed E-state index contributed by atoms with van der Waals surface area (Å²) >= 11 is 0. The highest BCUT2D eigenvalue weighted by atomic mass is 15.3. The van der Waals surface area contributed by atoms with Crippen LogP contribution in [0.4, 0.5) is 0 Å². The summed E-state index contributed by atoms with van der Waals surface area (Å²) in [5.74, 6) is 1.82. The molecule has 0 aromatic rings. The van der Waals surface area contributed by atoms with E-state index in [1.807, 2.05) is 0 Å². The number of hydrogen-bond acceptors (Lipinski definition) is 2. The van der Waals surface area contributed by atoms with Crippen LogP contribution in [0.2, 0.25) is 6.32 Å². The molecule has 0 amide bonds. The summed E-state index contributed by atoms with van der Waals surface area (Å²) < 4.78 is 0. The number of rotatable bonds is 7. The van der Waals surface area contributed by atoms with Crippen molar-refractivity contribution in [1.29, 1.82) is 0 Å². The minimum atomic E-state index is 0.619. The van der Waals surface area contributed by atoms with Gasteiger partial charge in [-0.05, 0) is 57.7 Å². The molecule has 0 N–H and O–H groups in total. The zero-order chi connectivity index (χ0) is 17.6. The predicted molar refractivity (Wildman–Crippen MR) is 110 cm³/mol. The molecule has 1 heterocycles. The smallest absolute Gasteiger partial charge is 0.375 e. The highest BCUT2D eigenvalue weighted by molar-refractivity contribution is 6.54. The van der Waals surface area contributed by atoms with Crippen LogP contribution in [-0.2, 0) is 0 Å². The fourth-order valence-corrected chi connectivity index (χ4v) is 5.73. The molecular weight excluding hydrogens is 303 g/mol. The lowest BCUT2D eigenvalue weighted by Gasteiger charge is -2.42. The van der Waals surface area contributed by atoms with Crippen LogP contribution in [0.1, 0.15) is 97.8 Å². The van der Waals surface area contributed by atoms with E-state index in [-0.39, 0.29) is 0 Å². The Labute approximate surface area is 157 Å². The van der Waals surface area contributed by atoms with E-state index < -0.39 is 0 Å². The van der Waals surface area contributed by atoms with Gasteiger partial charge in [0.2, 0.25) is 0 Å². The molecule has 142 valence electrons. The van der Waals surface area contributed by atoms with Gasteiger partial charge < -0.3 is 9.62 Å². The third kappa shape index (κ3) is 4.58. The summed E-state index contributed by atoms with van der Waals surface area (Å²) in [7, 11) is 0. The summed E-state index contributed by atoms with van der Waals surface area (Å²) in [6, 6.07) is 1.42. The Balaban J connectivity index is 1.67.